The molecular weight excluding hydrogens is 433 g/mol. The van der Waals surface area contributed by atoms with Gasteiger partial charge in [-0.3, -0.25) is 0 Å². The molecule has 0 rings (SSSR count). The molecule has 0 saturated heterocycles. The van der Waals surface area contributed by atoms with Crippen LogP contribution in [0.2, 0.25) is 0 Å². The molecule has 50 valence electrons. The van der Waals surface area contributed by atoms with Gasteiger partial charge >= 0.3 is 23.7 Å². The molecule has 0 bridgehead atoms. The first kappa shape index (κ1) is 22.9. The van der Waals surface area contributed by atoms with Gasteiger partial charge in [0.1, 0.15) is 0 Å². The molecule has 0 aromatic carbocycles. The molecular formula is C3H12I2OTe. The van der Waals surface area contributed by atoms with Gasteiger partial charge in [-0.2, -0.15) is 0 Å². The summed E-state index contributed by atoms with van der Waals surface area (Å²) in [6.45, 7) is 3.44. The van der Waals surface area contributed by atoms with E-state index in [-0.39, 0.29) is 77.7 Å². The fourth-order valence-electron chi connectivity index (χ4n) is 0. The van der Waals surface area contributed by atoms with Gasteiger partial charge in [0.15, 0.2) is 0 Å². The summed E-state index contributed by atoms with van der Waals surface area (Å²) in [5, 5.41) is 8.06. The van der Waals surface area contributed by atoms with Crippen molar-refractivity contribution < 1.29 is 5.11 Å². The van der Waals surface area contributed by atoms with Crippen molar-refractivity contribution in [2.45, 2.75) is 20.0 Å². The van der Waals surface area contributed by atoms with Crippen molar-refractivity contribution >= 4 is 71.6 Å². The van der Waals surface area contributed by atoms with Crippen LogP contribution < -0.4 is 0 Å². The van der Waals surface area contributed by atoms with Crippen molar-refractivity contribution in [3.8, 4) is 0 Å². The second-order valence-corrected chi connectivity index (χ2v) is 1.09. The zero-order valence-corrected chi connectivity index (χ0v) is 11.9. The summed E-state index contributed by atoms with van der Waals surface area (Å²) in [5.74, 6) is 0. The molecule has 4 heteroatoms. The van der Waals surface area contributed by atoms with Crippen molar-refractivity contribution in [2.24, 2.45) is 0 Å². The van der Waals surface area contributed by atoms with Crippen LogP contribution in [0.15, 0.2) is 0 Å². The van der Waals surface area contributed by atoms with Crippen molar-refractivity contribution in [1.82, 2.24) is 0 Å². The second kappa shape index (κ2) is 15.7. The molecule has 1 nitrogen and oxygen atoms in total. The summed E-state index contributed by atoms with van der Waals surface area (Å²) in [6.07, 6.45) is -0.167. The number of aliphatic hydroxyl groups is 1. The van der Waals surface area contributed by atoms with E-state index in [4.69, 9.17) is 5.11 Å². The Morgan fingerprint density at radius 1 is 1.14 bits per heavy atom. The van der Waals surface area contributed by atoms with Crippen LogP contribution in [0.3, 0.4) is 0 Å². The molecule has 0 aromatic rings. The number of aliphatic hydroxyl groups excluding tert-OH is 1. The molecule has 0 radical (unpaired) electrons. The van der Waals surface area contributed by atoms with Crippen molar-refractivity contribution in [3.05, 3.63) is 0 Å². The molecule has 0 unspecified atom stereocenters. The van der Waals surface area contributed by atoms with Crippen molar-refractivity contribution in [2.75, 3.05) is 0 Å². The third kappa shape index (κ3) is 64.8. The van der Waals surface area contributed by atoms with E-state index in [0.29, 0.717) is 0 Å². The standard InChI is InChI=1S/C3H8O.2HI.H2Te/c1-3(2)4;;;/h3-4H,1-2H3;2*1H;1H2. The molecule has 1 N–H and O–H groups in total. The van der Waals surface area contributed by atoms with E-state index < -0.39 is 0 Å². The van der Waals surface area contributed by atoms with Gasteiger partial charge in [0.2, 0.25) is 0 Å². The third-order valence-corrected chi connectivity index (χ3v) is 0. The van der Waals surface area contributed by atoms with Gasteiger partial charge < -0.3 is 5.11 Å². The summed E-state index contributed by atoms with van der Waals surface area (Å²) < 4.78 is 0. The Labute approximate surface area is 95.4 Å². The zero-order chi connectivity index (χ0) is 3.58. The van der Waals surface area contributed by atoms with Crippen LogP contribution in [0.5, 0.6) is 0 Å². The average Bonchev–Trinajstić information content (AvgIpc) is 0.811. The number of hydrogen-bond acceptors (Lipinski definition) is 1. The first-order valence-electron chi connectivity index (χ1n) is 1.41. The Balaban J connectivity index is -0.0000000150. The van der Waals surface area contributed by atoms with Crippen molar-refractivity contribution in [3.63, 3.8) is 0 Å². The first-order valence-corrected chi connectivity index (χ1v) is 1.41. The Morgan fingerprint density at radius 3 is 1.14 bits per heavy atom. The normalized spacial score (nSPS) is 5.14. The minimum atomic E-state index is -0.167. The third-order valence-electron chi connectivity index (χ3n) is 0. The molecule has 0 saturated carbocycles. The van der Waals surface area contributed by atoms with Gasteiger partial charge in [-0.25, -0.2) is 0 Å². The van der Waals surface area contributed by atoms with E-state index in [0.717, 1.165) is 0 Å². The Hall–Kier alpha value is 2.21. The maximum atomic E-state index is 8.06. The van der Waals surface area contributed by atoms with Gasteiger partial charge in [-0.15, -0.1) is 48.0 Å². The van der Waals surface area contributed by atoms with Crippen LogP contribution in [0, 0.1) is 0 Å². The van der Waals surface area contributed by atoms with Crippen LogP contribution in [0.1, 0.15) is 13.8 Å². The van der Waals surface area contributed by atoms with E-state index >= 15 is 0 Å². The quantitative estimate of drug-likeness (QED) is 0.430. The summed E-state index contributed by atoms with van der Waals surface area (Å²) in [5.41, 5.74) is 0. The van der Waals surface area contributed by atoms with Gasteiger partial charge in [-0.05, 0) is 13.8 Å². The van der Waals surface area contributed by atoms with E-state index in [1.165, 1.54) is 0 Å². The fourth-order valence-corrected chi connectivity index (χ4v) is 0. The second-order valence-electron chi connectivity index (χ2n) is 1.09. The maximum absolute atomic E-state index is 8.06. The SMILES string of the molecule is CC(C)O.I.I.[TeH2]. The van der Waals surface area contributed by atoms with Gasteiger partial charge in [0.05, 0.1) is 0 Å². The molecule has 0 atom stereocenters. The first-order chi connectivity index (χ1) is 1.73. The summed E-state index contributed by atoms with van der Waals surface area (Å²) >= 11 is 0. The molecule has 0 heterocycles. The van der Waals surface area contributed by atoms with Gasteiger partial charge in [0.25, 0.3) is 0 Å². The molecule has 0 aromatic heterocycles. The molecule has 0 fully saturated rings. The topological polar surface area (TPSA) is 20.2 Å². The summed E-state index contributed by atoms with van der Waals surface area (Å²) in [7, 11) is 0. The van der Waals surface area contributed by atoms with E-state index in [9.17, 15) is 0 Å². The zero-order valence-electron chi connectivity index (χ0n) is 4.34. The van der Waals surface area contributed by atoms with E-state index in [1.54, 1.807) is 13.8 Å². The van der Waals surface area contributed by atoms with E-state index in [2.05, 4.69) is 0 Å². The Morgan fingerprint density at radius 2 is 1.14 bits per heavy atom. The Bertz CT molecular complexity index is 17.7. The van der Waals surface area contributed by atoms with Crippen LogP contribution in [0.25, 0.3) is 0 Å². The molecule has 0 aliphatic carbocycles. The van der Waals surface area contributed by atoms with Crippen molar-refractivity contribution in [1.29, 1.82) is 0 Å². The molecule has 0 aliphatic heterocycles. The number of rotatable bonds is 0. The molecule has 0 aliphatic rings. The van der Waals surface area contributed by atoms with Crippen LogP contribution in [-0.4, -0.2) is 34.9 Å². The molecule has 0 spiro atoms. The van der Waals surface area contributed by atoms with Crippen LogP contribution >= 0.6 is 48.0 Å². The predicted molar refractivity (Wildman–Crippen MR) is 56.7 cm³/mol. The Kier molecular flexibility index (Phi) is 51.4. The van der Waals surface area contributed by atoms with Gasteiger partial charge in [0, 0.05) is 6.10 Å². The number of halogens is 2. The molecule has 0 amide bonds. The van der Waals surface area contributed by atoms with Gasteiger partial charge in [-0.1, -0.05) is 0 Å². The van der Waals surface area contributed by atoms with E-state index in [1.807, 2.05) is 0 Å². The average molecular weight is 446 g/mol. The summed E-state index contributed by atoms with van der Waals surface area (Å²) in [4.78, 5) is 0. The number of hydrogen-bond donors (Lipinski definition) is 1. The monoisotopic (exact) mass is 448 g/mol. The minimum absolute atomic E-state index is 0. The molecule has 7 heavy (non-hydrogen) atoms. The predicted octanol–water partition coefficient (Wildman–Crippen LogP) is 0.707. The van der Waals surface area contributed by atoms with Crippen LogP contribution in [0.4, 0.5) is 0 Å². The fraction of sp³-hybridized carbons (Fsp3) is 1.00. The van der Waals surface area contributed by atoms with Crippen LogP contribution in [-0.2, 0) is 0 Å². The summed E-state index contributed by atoms with van der Waals surface area (Å²) in [6, 6.07) is 0.